The molecule has 0 aromatic heterocycles. The van der Waals surface area contributed by atoms with Crippen molar-refractivity contribution >= 4 is 12.0 Å². The second-order valence-corrected chi connectivity index (χ2v) is 5.63. The SMILES string of the molecule is O=C(O)CCCNC(=O)NCc1ccc(OCc2ccccc2F)cc1. The fourth-order valence-corrected chi connectivity index (χ4v) is 2.17. The lowest BCUT2D eigenvalue weighted by molar-refractivity contribution is -0.137. The van der Waals surface area contributed by atoms with Crippen molar-refractivity contribution < 1.29 is 23.8 Å². The van der Waals surface area contributed by atoms with Gasteiger partial charge in [0.1, 0.15) is 18.2 Å². The van der Waals surface area contributed by atoms with Gasteiger partial charge in [-0.1, -0.05) is 30.3 Å². The second-order valence-electron chi connectivity index (χ2n) is 5.63. The summed E-state index contributed by atoms with van der Waals surface area (Å²) in [6.07, 6.45) is 0.408. The molecule has 2 aromatic rings. The standard InChI is InChI=1S/C19H21FN2O4/c20-17-5-2-1-4-15(17)13-26-16-9-7-14(8-10-16)12-22-19(25)21-11-3-6-18(23)24/h1-2,4-5,7-10H,3,6,11-13H2,(H,23,24)(H2,21,22,25). The number of carboxylic acid groups (broad SMARTS) is 1. The zero-order chi connectivity index (χ0) is 18.8. The fourth-order valence-electron chi connectivity index (χ4n) is 2.17. The molecule has 0 heterocycles. The Balaban J connectivity index is 1.71. The van der Waals surface area contributed by atoms with E-state index >= 15 is 0 Å². The first-order chi connectivity index (χ1) is 12.5. The first-order valence-corrected chi connectivity index (χ1v) is 8.23. The van der Waals surface area contributed by atoms with Crippen LogP contribution in [0.5, 0.6) is 5.75 Å². The maximum Gasteiger partial charge on any atom is 0.315 e. The van der Waals surface area contributed by atoms with Gasteiger partial charge in [-0.3, -0.25) is 4.79 Å². The Morgan fingerprint density at radius 3 is 2.46 bits per heavy atom. The van der Waals surface area contributed by atoms with E-state index in [4.69, 9.17) is 9.84 Å². The first-order valence-electron chi connectivity index (χ1n) is 8.23. The molecule has 2 rings (SSSR count). The van der Waals surface area contributed by atoms with Crippen molar-refractivity contribution in [2.75, 3.05) is 6.54 Å². The van der Waals surface area contributed by atoms with Crippen molar-refractivity contribution in [1.29, 1.82) is 0 Å². The van der Waals surface area contributed by atoms with E-state index < -0.39 is 5.97 Å². The Morgan fingerprint density at radius 1 is 1.04 bits per heavy atom. The third-order valence-corrected chi connectivity index (χ3v) is 3.58. The summed E-state index contributed by atoms with van der Waals surface area (Å²) in [6.45, 7) is 0.780. The van der Waals surface area contributed by atoms with E-state index in [2.05, 4.69) is 10.6 Å². The van der Waals surface area contributed by atoms with Crippen LogP contribution in [0.4, 0.5) is 9.18 Å². The zero-order valence-electron chi connectivity index (χ0n) is 14.2. The number of carbonyl (C=O) groups is 2. The lowest BCUT2D eigenvalue weighted by Gasteiger charge is -2.09. The highest BCUT2D eigenvalue weighted by Crippen LogP contribution is 2.15. The minimum atomic E-state index is -0.885. The van der Waals surface area contributed by atoms with Crippen LogP contribution in [0.25, 0.3) is 0 Å². The third kappa shape index (κ3) is 6.80. The van der Waals surface area contributed by atoms with Gasteiger partial charge in [0.2, 0.25) is 0 Å². The summed E-state index contributed by atoms with van der Waals surface area (Å²) < 4.78 is 19.1. The molecule has 0 aliphatic rings. The number of nitrogens with one attached hydrogen (secondary N) is 2. The average Bonchev–Trinajstić information content (AvgIpc) is 2.63. The highest BCUT2D eigenvalue weighted by atomic mass is 19.1. The topological polar surface area (TPSA) is 87.7 Å². The quantitative estimate of drug-likeness (QED) is 0.600. The smallest absolute Gasteiger partial charge is 0.315 e. The number of carboxylic acids is 1. The van der Waals surface area contributed by atoms with Crippen LogP contribution in [0.3, 0.4) is 0 Å². The largest absolute Gasteiger partial charge is 0.489 e. The number of benzene rings is 2. The molecule has 0 saturated carbocycles. The summed E-state index contributed by atoms with van der Waals surface area (Å²) >= 11 is 0. The van der Waals surface area contributed by atoms with Gasteiger partial charge in [0.15, 0.2) is 0 Å². The number of amides is 2. The van der Waals surface area contributed by atoms with Gasteiger partial charge < -0.3 is 20.5 Å². The predicted octanol–water partition coefficient (Wildman–Crippen LogP) is 3.07. The average molecular weight is 360 g/mol. The van der Waals surface area contributed by atoms with Crippen molar-refractivity contribution in [2.24, 2.45) is 0 Å². The molecule has 3 N–H and O–H groups in total. The number of rotatable bonds is 9. The molecule has 0 fully saturated rings. The Hall–Kier alpha value is -3.09. The highest BCUT2D eigenvalue weighted by molar-refractivity contribution is 5.73. The van der Waals surface area contributed by atoms with E-state index in [0.29, 0.717) is 30.8 Å². The molecule has 138 valence electrons. The maximum absolute atomic E-state index is 13.5. The van der Waals surface area contributed by atoms with Crippen LogP contribution in [-0.2, 0) is 17.9 Å². The van der Waals surface area contributed by atoms with Crippen LogP contribution in [0.2, 0.25) is 0 Å². The van der Waals surface area contributed by atoms with Gasteiger partial charge in [0.25, 0.3) is 0 Å². The molecule has 6 nitrogen and oxygen atoms in total. The molecule has 0 radical (unpaired) electrons. The highest BCUT2D eigenvalue weighted by Gasteiger charge is 2.04. The molecule has 0 atom stereocenters. The van der Waals surface area contributed by atoms with Gasteiger partial charge >= 0.3 is 12.0 Å². The van der Waals surface area contributed by atoms with Crippen molar-refractivity contribution in [3.05, 3.63) is 65.5 Å². The molecular weight excluding hydrogens is 339 g/mol. The molecule has 0 bridgehead atoms. The lowest BCUT2D eigenvalue weighted by Crippen LogP contribution is -2.35. The molecule has 0 unspecified atom stereocenters. The van der Waals surface area contributed by atoms with E-state index in [1.807, 2.05) is 0 Å². The summed E-state index contributed by atoms with van der Waals surface area (Å²) in [6, 6.07) is 13.2. The van der Waals surface area contributed by atoms with E-state index in [-0.39, 0.29) is 24.9 Å². The van der Waals surface area contributed by atoms with Gasteiger partial charge in [0.05, 0.1) is 0 Å². The van der Waals surface area contributed by atoms with E-state index in [9.17, 15) is 14.0 Å². The van der Waals surface area contributed by atoms with Crippen LogP contribution in [0.15, 0.2) is 48.5 Å². The zero-order valence-corrected chi connectivity index (χ0v) is 14.2. The number of urea groups is 1. The molecular formula is C19H21FN2O4. The second kappa shape index (κ2) is 10.0. The van der Waals surface area contributed by atoms with Crippen LogP contribution in [-0.4, -0.2) is 23.7 Å². The van der Waals surface area contributed by atoms with Crippen LogP contribution in [0, 0.1) is 5.82 Å². The number of ether oxygens (including phenoxy) is 1. The van der Waals surface area contributed by atoms with Crippen LogP contribution >= 0.6 is 0 Å². The monoisotopic (exact) mass is 360 g/mol. The fraction of sp³-hybridized carbons (Fsp3) is 0.263. The van der Waals surface area contributed by atoms with Crippen LogP contribution in [0.1, 0.15) is 24.0 Å². The molecule has 0 spiro atoms. The summed E-state index contributed by atoms with van der Waals surface area (Å²) in [5, 5.41) is 13.8. The Kier molecular flexibility index (Phi) is 7.42. The molecule has 0 saturated heterocycles. The first kappa shape index (κ1) is 19.2. The van der Waals surface area contributed by atoms with Gasteiger partial charge in [-0.25, -0.2) is 9.18 Å². The molecule has 2 aromatic carbocycles. The van der Waals surface area contributed by atoms with Gasteiger partial charge in [-0.15, -0.1) is 0 Å². The maximum atomic E-state index is 13.5. The Labute approximate surface area is 151 Å². The van der Waals surface area contributed by atoms with Gasteiger partial charge in [-0.05, 0) is 30.2 Å². The lowest BCUT2D eigenvalue weighted by atomic mass is 10.2. The number of carbonyl (C=O) groups excluding carboxylic acids is 1. The summed E-state index contributed by atoms with van der Waals surface area (Å²) in [5.41, 5.74) is 1.36. The number of hydrogen-bond acceptors (Lipinski definition) is 3. The molecule has 7 heteroatoms. The molecule has 0 aliphatic carbocycles. The summed E-state index contributed by atoms with van der Waals surface area (Å²) in [4.78, 5) is 22.0. The third-order valence-electron chi connectivity index (χ3n) is 3.58. The van der Waals surface area contributed by atoms with E-state index in [1.54, 1.807) is 42.5 Å². The Bertz CT molecular complexity index is 735. The molecule has 2 amide bonds. The van der Waals surface area contributed by atoms with E-state index in [0.717, 1.165) is 5.56 Å². The van der Waals surface area contributed by atoms with Gasteiger partial charge in [0, 0.05) is 25.1 Å². The summed E-state index contributed by atoms with van der Waals surface area (Å²) in [7, 11) is 0. The predicted molar refractivity (Wildman–Crippen MR) is 94.3 cm³/mol. The van der Waals surface area contributed by atoms with Crippen molar-refractivity contribution in [2.45, 2.75) is 26.0 Å². The number of aliphatic carboxylic acids is 1. The van der Waals surface area contributed by atoms with Crippen LogP contribution < -0.4 is 15.4 Å². The molecule has 0 aliphatic heterocycles. The minimum Gasteiger partial charge on any atom is -0.489 e. The molecule has 26 heavy (non-hydrogen) atoms. The minimum absolute atomic E-state index is 0.0224. The number of halogens is 1. The van der Waals surface area contributed by atoms with E-state index in [1.165, 1.54) is 6.07 Å². The van der Waals surface area contributed by atoms with Crippen molar-refractivity contribution in [3.63, 3.8) is 0 Å². The normalized spacial score (nSPS) is 10.2. The summed E-state index contributed by atoms with van der Waals surface area (Å²) in [5.74, 6) is -0.581. The Morgan fingerprint density at radius 2 is 1.77 bits per heavy atom. The van der Waals surface area contributed by atoms with Crippen molar-refractivity contribution in [3.8, 4) is 5.75 Å². The van der Waals surface area contributed by atoms with Gasteiger partial charge in [-0.2, -0.15) is 0 Å². The number of hydrogen-bond donors (Lipinski definition) is 3. The van der Waals surface area contributed by atoms with Crippen molar-refractivity contribution in [1.82, 2.24) is 10.6 Å².